The highest BCUT2D eigenvalue weighted by atomic mass is 16.4. The number of carboxylic acid groups (broad SMARTS) is 1. The van der Waals surface area contributed by atoms with Crippen molar-refractivity contribution in [2.24, 2.45) is 11.7 Å². The van der Waals surface area contributed by atoms with Crippen molar-refractivity contribution >= 4 is 11.9 Å². The van der Waals surface area contributed by atoms with E-state index in [0.717, 1.165) is 6.42 Å². The lowest BCUT2D eigenvalue weighted by Gasteiger charge is -2.20. The Kier molecular flexibility index (Phi) is 5.50. The fraction of sp³-hybridized carbons (Fsp3) is 0.583. The monoisotopic (exact) mass is 268 g/mol. The molecule has 0 fully saturated rings. The Labute approximate surface area is 111 Å². The van der Waals surface area contributed by atoms with Crippen LogP contribution in [0.25, 0.3) is 0 Å². The Hall–Kier alpha value is -1.89. The van der Waals surface area contributed by atoms with E-state index in [1.807, 2.05) is 13.8 Å². The van der Waals surface area contributed by atoms with E-state index in [1.54, 1.807) is 0 Å². The maximum atomic E-state index is 11.9. The van der Waals surface area contributed by atoms with Gasteiger partial charge in [0.15, 0.2) is 0 Å². The summed E-state index contributed by atoms with van der Waals surface area (Å²) in [7, 11) is 0. The lowest BCUT2D eigenvalue weighted by Crippen LogP contribution is -2.51. The maximum Gasteiger partial charge on any atom is 0.326 e. The van der Waals surface area contributed by atoms with Gasteiger partial charge in [0, 0.05) is 18.3 Å². The van der Waals surface area contributed by atoms with Crippen LogP contribution >= 0.6 is 0 Å². The Morgan fingerprint density at radius 2 is 2.26 bits per heavy atom. The SMILES string of the molecule is CCC(C)[C@H](N)C(=O)NC(Cc1cnc[nH]1)C(=O)O. The summed E-state index contributed by atoms with van der Waals surface area (Å²) < 4.78 is 0. The van der Waals surface area contributed by atoms with Gasteiger partial charge in [-0.2, -0.15) is 0 Å². The molecule has 0 aromatic carbocycles. The van der Waals surface area contributed by atoms with E-state index in [2.05, 4.69) is 15.3 Å². The number of hydrogen-bond donors (Lipinski definition) is 4. The molecule has 2 unspecified atom stereocenters. The minimum Gasteiger partial charge on any atom is -0.480 e. The molecule has 3 atom stereocenters. The summed E-state index contributed by atoms with van der Waals surface area (Å²) in [5.41, 5.74) is 6.41. The van der Waals surface area contributed by atoms with Gasteiger partial charge in [0.2, 0.25) is 5.91 Å². The minimum absolute atomic E-state index is 0.00148. The number of carbonyl (C=O) groups is 2. The van der Waals surface area contributed by atoms with E-state index in [0.29, 0.717) is 5.69 Å². The van der Waals surface area contributed by atoms with Crippen molar-refractivity contribution in [3.05, 3.63) is 18.2 Å². The highest BCUT2D eigenvalue weighted by molar-refractivity contribution is 5.87. The summed E-state index contributed by atoms with van der Waals surface area (Å²) in [6, 6.07) is -1.71. The molecule has 0 saturated carbocycles. The van der Waals surface area contributed by atoms with Crippen molar-refractivity contribution < 1.29 is 14.7 Å². The topological polar surface area (TPSA) is 121 Å². The zero-order valence-corrected chi connectivity index (χ0v) is 11.1. The Balaban J connectivity index is 2.63. The molecule has 19 heavy (non-hydrogen) atoms. The van der Waals surface area contributed by atoms with Crippen molar-refractivity contribution in [1.82, 2.24) is 15.3 Å². The van der Waals surface area contributed by atoms with Crippen molar-refractivity contribution in [3.63, 3.8) is 0 Å². The standard InChI is InChI=1S/C12H20N4O3/c1-3-7(2)10(13)11(17)16-9(12(18)19)4-8-5-14-6-15-8/h5-7,9-10H,3-4,13H2,1-2H3,(H,14,15)(H,16,17)(H,18,19)/t7?,9?,10-/m0/s1. The van der Waals surface area contributed by atoms with E-state index in [-0.39, 0.29) is 12.3 Å². The van der Waals surface area contributed by atoms with Crippen LogP contribution in [0.4, 0.5) is 0 Å². The molecule has 5 N–H and O–H groups in total. The van der Waals surface area contributed by atoms with Crippen molar-refractivity contribution in [1.29, 1.82) is 0 Å². The van der Waals surface area contributed by atoms with Crippen LogP contribution in [0.3, 0.4) is 0 Å². The zero-order chi connectivity index (χ0) is 14.4. The average Bonchev–Trinajstić information content (AvgIpc) is 2.88. The number of hydrogen-bond acceptors (Lipinski definition) is 4. The van der Waals surface area contributed by atoms with E-state index in [4.69, 9.17) is 10.8 Å². The first-order valence-corrected chi connectivity index (χ1v) is 6.21. The molecular formula is C12H20N4O3. The van der Waals surface area contributed by atoms with Crippen molar-refractivity contribution in [2.45, 2.75) is 38.8 Å². The van der Waals surface area contributed by atoms with Gasteiger partial charge in [-0.1, -0.05) is 20.3 Å². The van der Waals surface area contributed by atoms with Crippen LogP contribution in [0.1, 0.15) is 26.0 Å². The second-order valence-electron chi connectivity index (χ2n) is 4.59. The number of aromatic amines is 1. The van der Waals surface area contributed by atoms with Gasteiger partial charge in [-0.3, -0.25) is 4.79 Å². The van der Waals surface area contributed by atoms with E-state index in [1.165, 1.54) is 12.5 Å². The number of carbonyl (C=O) groups excluding carboxylic acids is 1. The fourth-order valence-corrected chi connectivity index (χ4v) is 1.60. The molecule has 0 saturated heterocycles. The molecule has 0 bridgehead atoms. The highest BCUT2D eigenvalue weighted by Crippen LogP contribution is 2.06. The number of H-pyrrole nitrogens is 1. The summed E-state index contributed by atoms with van der Waals surface area (Å²) in [4.78, 5) is 29.6. The number of imidazole rings is 1. The fourth-order valence-electron chi connectivity index (χ4n) is 1.60. The van der Waals surface area contributed by atoms with Crippen LogP contribution in [-0.2, 0) is 16.0 Å². The first kappa shape index (κ1) is 15.2. The molecule has 1 heterocycles. The first-order chi connectivity index (χ1) is 8.95. The molecule has 0 aliphatic rings. The summed E-state index contributed by atoms with van der Waals surface area (Å²) in [5.74, 6) is -1.54. The van der Waals surface area contributed by atoms with Gasteiger partial charge in [0.1, 0.15) is 6.04 Å². The third-order valence-corrected chi connectivity index (χ3v) is 3.15. The lowest BCUT2D eigenvalue weighted by molar-refractivity contribution is -0.142. The number of nitrogens with one attached hydrogen (secondary N) is 2. The first-order valence-electron chi connectivity index (χ1n) is 6.21. The number of aliphatic carboxylic acids is 1. The van der Waals surface area contributed by atoms with Crippen LogP contribution in [0.2, 0.25) is 0 Å². The molecule has 1 aromatic heterocycles. The van der Waals surface area contributed by atoms with Crippen LogP contribution in [0, 0.1) is 5.92 Å². The smallest absolute Gasteiger partial charge is 0.326 e. The zero-order valence-electron chi connectivity index (χ0n) is 11.1. The maximum absolute atomic E-state index is 11.9. The predicted octanol–water partition coefficient (Wildman–Crippen LogP) is -0.105. The lowest BCUT2D eigenvalue weighted by atomic mass is 9.99. The number of nitrogens with two attached hydrogens (primary N) is 1. The predicted molar refractivity (Wildman–Crippen MR) is 69.3 cm³/mol. The van der Waals surface area contributed by atoms with Crippen LogP contribution < -0.4 is 11.1 Å². The molecule has 0 spiro atoms. The van der Waals surface area contributed by atoms with Gasteiger partial charge < -0.3 is 21.1 Å². The summed E-state index contributed by atoms with van der Waals surface area (Å²) in [6.45, 7) is 3.78. The molecule has 0 aliphatic heterocycles. The Morgan fingerprint density at radius 3 is 2.74 bits per heavy atom. The second-order valence-corrected chi connectivity index (χ2v) is 4.59. The molecule has 1 amide bonds. The van der Waals surface area contributed by atoms with Crippen LogP contribution in [0.15, 0.2) is 12.5 Å². The van der Waals surface area contributed by atoms with Gasteiger partial charge >= 0.3 is 5.97 Å². The third-order valence-electron chi connectivity index (χ3n) is 3.15. The minimum atomic E-state index is -1.10. The van der Waals surface area contributed by atoms with E-state index < -0.39 is 24.0 Å². The summed E-state index contributed by atoms with van der Waals surface area (Å²) >= 11 is 0. The third kappa shape index (κ3) is 4.36. The number of carboxylic acids is 1. The van der Waals surface area contributed by atoms with E-state index in [9.17, 15) is 9.59 Å². The number of nitrogens with zero attached hydrogens (tertiary/aromatic N) is 1. The number of rotatable bonds is 7. The Morgan fingerprint density at radius 1 is 1.58 bits per heavy atom. The van der Waals surface area contributed by atoms with Gasteiger partial charge in [-0.05, 0) is 5.92 Å². The number of amides is 1. The van der Waals surface area contributed by atoms with Crippen LogP contribution in [0.5, 0.6) is 0 Å². The molecule has 7 nitrogen and oxygen atoms in total. The van der Waals surface area contributed by atoms with Gasteiger partial charge in [-0.25, -0.2) is 9.78 Å². The summed E-state index contributed by atoms with van der Waals surface area (Å²) in [5, 5.41) is 11.6. The van der Waals surface area contributed by atoms with Crippen molar-refractivity contribution in [3.8, 4) is 0 Å². The van der Waals surface area contributed by atoms with Gasteiger partial charge in [0.25, 0.3) is 0 Å². The Bertz CT molecular complexity index is 419. The number of aromatic nitrogens is 2. The summed E-state index contributed by atoms with van der Waals surface area (Å²) in [6.07, 6.45) is 3.89. The average molecular weight is 268 g/mol. The quantitative estimate of drug-likeness (QED) is 0.550. The van der Waals surface area contributed by atoms with Crippen molar-refractivity contribution in [2.75, 3.05) is 0 Å². The molecule has 106 valence electrons. The molecule has 7 heteroatoms. The van der Waals surface area contributed by atoms with Crippen LogP contribution in [-0.4, -0.2) is 39.0 Å². The van der Waals surface area contributed by atoms with Gasteiger partial charge in [0.05, 0.1) is 12.4 Å². The largest absolute Gasteiger partial charge is 0.480 e. The molecule has 0 radical (unpaired) electrons. The van der Waals surface area contributed by atoms with E-state index >= 15 is 0 Å². The molecular weight excluding hydrogens is 248 g/mol. The molecule has 1 aromatic rings. The molecule has 0 aliphatic carbocycles. The molecule has 1 rings (SSSR count). The second kappa shape index (κ2) is 6.89. The van der Waals surface area contributed by atoms with Gasteiger partial charge in [-0.15, -0.1) is 0 Å². The highest BCUT2D eigenvalue weighted by Gasteiger charge is 2.26. The normalized spacial score (nSPS) is 15.5.